The van der Waals surface area contributed by atoms with Crippen molar-refractivity contribution >= 4 is 61.4 Å². The number of hydrogen-bond donors (Lipinski definition) is 2. The first-order valence-corrected chi connectivity index (χ1v) is 10.2. The van der Waals surface area contributed by atoms with E-state index in [0.29, 0.717) is 20.6 Å². The molecule has 1 amide bonds. The number of rotatable bonds is 3. The molecule has 4 rings (SSSR count). The average molecular weight is 553 g/mol. The lowest BCUT2D eigenvalue weighted by Gasteiger charge is -2.25. The van der Waals surface area contributed by atoms with Gasteiger partial charge in [-0.3, -0.25) is 4.79 Å². The molecule has 8 heteroatoms. The molecule has 1 aliphatic heterocycles. The molecule has 0 saturated carbocycles. The summed E-state index contributed by atoms with van der Waals surface area (Å²) in [5.41, 5.74) is 2.91. The highest BCUT2D eigenvalue weighted by atomic mass is 127. The van der Waals surface area contributed by atoms with Crippen molar-refractivity contribution < 1.29 is 19.4 Å². The molecule has 1 unspecified atom stereocenters. The van der Waals surface area contributed by atoms with E-state index < -0.39 is 12.0 Å². The van der Waals surface area contributed by atoms with Gasteiger partial charge in [-0.2, -0.15) is 5.10 Å². The Kier molecular flexibility index (Phi) is 5.40. The minimum absolute atomic E-state index is 0.0900. The lowest BCUT2D eigenvalue weighted by atomic mass is 10.1. The summed E-state index contributed by atoms with van der Waals surface area (Å²) in [6.07, 6.45) is 0.563. The van der Waals surface area contributed by atoms with Crippen molar-refractivity contribution in [1.82, 2.24) is 5.43 Å². The summed E-state index contributed by atoms with van der Waals surface area (Å²) in [7, 11) is 0. The van der Waals surface area contributed by atoms with Gasteiger partial charge < -0.3 is 14.6 Å². The first-order valence-electron chi connectivity index (χ1n) is 8.34. The highest BCUT2D eigenvalue weighted by Gasteiger charge is 2.27. The normalized spacial score (nSPS) is 15.7. The van der Waals surface area contributed by atoms with Gasteiger partial charge in [0.05, 0.1) is 9.78 Å². The number of hydrogen-bond acceptors (Lipinski definition) is 5. The van der Waals surface area contributed by atoms with Crippen molar-refractivity contribution in [3.63, 3.8) is 0 Å². The second kappa shape index (κ2) is 7.96. The van der Waals surface area contributed by atoms with E-state index in [0.717, 1.165) is 15.2 Å². The van der Waals surface area contributed by atoms with Gasteiger partial charge in [-0.1, -0.05) is 40.2 Å². The van der Waals surface area contributed by atoms with Gasteiger partial charge in [-0.15, -0.1) is 0 Å². The number of halogens is 2. The molecular formula is C20H14BrIN2O4. The van der Waals surface area contributed by atoms with Crippen molar-refractivity contribution in [3.05, 3.63) is 62.1 Å². The van der Waals surface area contributed by atoms with Crippen LogP contribution < -0.4 is 14.9 Å². The summed E-state index contributed by atoms with van der Waals surface area (Å²) in [6, 6.07) is 15.1. The molecule has 3 aromatic carbocycles. The van der Waals surface area contributed by atoms with Crippen molar-refractivity contribution in [2.45, 2.75) is 6.10 Å². The van der Waals surface area contributed by atoms with E-state index in [-0.39, 0.29) is 12.4 Å². The number of nitrogens with zero attached hydrogens (tertiary/aromatic N) is 1. The zero-order chi connectivity index (χ0) is 19.7. The number of phenols is 1. The van der Waals surface area contributed by atoms with E-state index in [1.54, 1.807) is 12.1 Å². The topological polar surface area (TPSA) is 80.2 Å². The number of ether oxygens (including phenoxy) is 2. The molecule has 0 fully saturated rings. The minimum atomic E-state index is -0.818. The van der Waals surface area contributed by atoms with Crippen molar-refractivity contribution in [3.8, 4) is 17.2 Å². The van der Waals surface area contributed by atoms with E-state index in [1.165, 1.54) is 6.21 Å². The quantitative estimate of drug-likeness (QED) is 0.290. The number of carbonyl (C=O) groups excluding carboxylic acids is 1. The van der Waals surface area contributed by atoms with Crippen LogP contribution in [0.1, 0.15) is 5.56 Å². The first-order chi connectivity index (χ1) is 13.5. The molecule has 3 aromatic rings. The zero-order valence-electron chi connectivity index (χ0n) is 14.4. The van der Waals surface area contributed by atoms with Gasteiger partial charge in [0.1, 0.15) is 12.4 Å². The molecular weight excluding hydrogens is 539 g/mol. The summed E-state index contributed by atoms with van der Waals surface area (Å²) < 4.78 is 13.0. The predicted molar refractivity (Wildman–Crippen MR) is 118 cm³/mol. The average Bonchev–Trinajstić information content (AvgIpc) is 2.69. The Labute approximate surface area is 182 Å². The largest absolute Gasteiger partial charge is 0.506 e. The highest BCUT2D eigenvalue weighted by Crippen LogP contribution is 2.35. The molecule has 0 bridgehead atoms. The van der Waals surface area contributed by atoms with E-state index in [9.17, 15) is 9.90 Å². The van der Waals surface area contributed by atoms with Gasteiger partial charge in [0.15, 0.2) is 11.5 Å². The fraction of sp³-hybridized carbons (Fsp3) is 0.100. The van der Waals surface area contributed by atoms with Crippen LogP contribution in [0.3, 0.4) is 0 Å². The van der Waals surface area contributed by atoms with Crippen LogP contribution in [-0.4, -0.2) is 29.9 Å². The van der Waals surface area contributed by atoms with Gasteiger partial charge >= 0.3 is 0 Å². The van der Waals surface area contributed by atoms with Crippen molar-refractivity contribution in [2.24, 2.45) is 5.10 Å². The molecule has 28 heavy (non-hydrogen) atoms. The third-order valence-electron chi connectivity index (χ3n) is 4.20. The molecule has 0 aromatic heterocycles. The van der Waals surface area contributed by atoms with Crippen LogP contribution in [0.25, 0.3) is 10.8 Å². The monoisotopic (exact) mass is 552 g/mol. The van der Waals surface area contributed by atoms with Crippen LogP contribution in [0.5, 0.6) is 17.2 Å². The maximum Gasteiger partial charge on any atom is 0.284 e. The molecule has 0 spiro atoms. The Bertz CT molecular complexity index is 1100. The molecule has 0 aliphatic carbocycles. The van der Waals surface area contributed by atoms with Gasteiger partial charge in [0.2, 0.25) is 6.10 Å². The van der Waals surface area contributed by atoms with Crippen LogP contribution in [0.15, 0.2) is 58.1 Å². The Morgan fingerprint density at radius 1 is 1.21 bits per heavy atom. The smallest absolute Gasteiger partial charge is 0.284 e. The van der Waals surface area contributed by atoms with Gasteiger partial charge in [-0.05, 0) is 57.6 Å². The Hall–Kier alpha value is -2.33. The SMILES string of the molecule is O=C(NN=Cc1cc(Br)cc(I)c1O)C1COc2cc3ccccc3cc2O1. The molecule has 0 radical (unpaired) electrons. The Morgan fingerprint density at radius 3 is 2.68 bits per heavy atom. The van der Waals surface area contributed by atoms with Gasteiger partial charge in [0, 0.05) is 10.0 Å². The second-order valence-electron chi connectivity index (χ2n) is 6.12. The lowest BCUT2D eigenvalue weighted by molar-refractivity contribution is -0.130. The molecule has 1 aliphatic rings. The zero-order valence-corrected chi connectivity index (χ0v) is 18.1. The van der Waals surface area contributed by atoms with E-state index in [1.807, 2.05) is 59.0 Å². The fourth-order valence-electron chi connectivity index (χ4n) is 2.81. The van der Waals surface area contributed by atoms with Crippen LogP contribution in [0.4, 0.5) is 0 Å². The number of benzene rings is 3. The number of nitrogens with one attached hydrogen (secondary N) is 1. The maximum absolute atomic E-state index is 12.4. The first kappa shape index (κ1) is 19.0. The predicted octanol–water partition coefficient (Wildman–Crippen LogP) is 4.20. The highest BCUT2D eigenvalue weighted by molar-refractivity contribution is 14.1. The lowest BCUT2D eigenvalue weighted by Crippen LogP contribution is -2.42. The number of amides is 1. The maximum atomic E-state index is 12.4. The summed E-state index contributed by atoms with van der Waals surface area (Å²) in [5.74, 6) is 0.798. The van der Waals surface area contributed by atoms with E-state index in [4.69, 9.17) is 9.47 Å². The minimum Gasteiger partial charge on any atom is -0.506 e. The Balaban J connectivity index is 1.46. The summed E-state index contributed by atoms with van der Waals surface area (Å²) in [6.45, 7) is 0.0900. The second-order valence-corrected chi connectivity index (χ2v) is 8.20. The third-order valence-corrected chi connectivity index (χ3v) is 5.48. The van der Waals surface area contributed by atoms with Crippen LogP contribution in [0, 0.1) is 3.57 Å². The number of carbonyl (C=O) groups is 1. The molecule has 2 N–H and O–H groups in total. The van der Waals surface area contributed by atoms with E-state index in [2.05, 4.69) is 26.5 Å². The number of phenolic OH excluding ortho intramolecular Hbond substituents is 1. The number of fused-ring (bicyclic) bond motifs is 2. The molecule has 1 heterocycles. The number of hydrazone groups is 1. The van der Waals surface area contributed by atoms with Crippen LogP contribution in [0.2, 0.25) is 0 Å². The van der Waals surface area contributed by atoms with Gasteiger partial charge in [0.25, 0.3) is 5.91 Å². The van der Waals surface area contributed by atoms with Crippen molar-refractivity contribution in [1.29, 1.82) is 0 Å². The standard InChI is InChI=1S/C20H14BrIN2O4/c21-14-5-13(19(25)15(22)8-14)9-23-24-20(26)18-10-27-16-6-11-3-1-2-4-12(11)7-17(16)28-18/h1-9,18,25H,10H2,(H,24,26). The summed E-state index contributed by atoms with van der Waals surface area (Å²) in [5, 5.41) is 16.0. The van der Waals surface area contributed by atoms with Gasteiger partial charge in [-0.25, -0.2) is 5.43 Å². The third kappa shape index (κ3) is 3.93. The fourth-order valence-corrected chi connectivity index (χ4v) is 4.36. The molecule has 0 saturated heterocycles. The van der Waals surface area contributed by atoms with Crippen LogP contribution in [-0.2, 0) is 4.79 Å². The Morgan fingerprint density at radius 2 is 1.93 bits per heavy atom. The van der Waals surface area contributed by atoms with Crippen molar-refractivity contribution in [2.75, 3.05) is 6.61 Å². The molecule has 6 nitrogen and oxygen atoms in total. The summed E-state index contributed by atoms with van der Waals surface area (Å²) in [4.78, 5) is 12.4. The van der Waals surface area contributed by atoms with Crippen LogP contribution >= 0.6 is 38.5 Å². The summed E-state index contributed by atoms with van der Waals surface area (Å²) >= 11 is 5.38. The van der Waals surface area contributed by atoms with E-state index >= 15 is 0 Å². The molecule has 142 valence electrons. The number of aromatic hydroxyl groups is 1. The molecule has 1 atom stereocenters.